The number of carboxylic acids is 1. The summed E-state index contributed by atoms with van der Waals surface area (Å²) >= 11 is 0. The van der Waals surface area contributed by atoms with Gasteiger partial charge in [-0.1, -0.05) is 64.8 Å². The van der Waals surface area contributed by atoms with Gasteiger partial charge in [-0.25, -0.2) is 12.7 Å². The summed E-state index contributed by atoms with van der Waals surface area (Å²) in [5.74, 6) is -4.63. The molecule has 0 bridgehead atoms. The number of aliphatic carboxylic acids is 1. The Hall–Kier alpha value is -5.80. The van der Waals surface area contributed by atoms with Crippen molar-refractivity contribution < 1.29 is 37.2 Å². The summed E-state index contributed by atoms with van der Waals surface area (Å²) in [5.41, 5.74) is 15.9. The maximum Gasteiger partial charge on any atom is 0.320 e. The predicted molar refractivity (Wildman–Crippen MR) is 193 cm³/mol. The summed E-state index contributed by atoms with van der Waals surface area (Å²) in [4.78, 5) is 58.0. The molecule has 272 valence electrons. The number of rotatable bonds is 15. The summed E-state index contributed by atoms with van der Waals surface area (Å²) < 4.78 is 34.1. The number of aromatic amines is 1. The lowest BCUT2D eigenvalue weighted by Crippen LogP contribution is -2.59. The summed E-state index contributed by atoms with van der Waals surface area (Å²) in [5, 5.41) is 13.8. The van der Waals surface area contributed by atoms with E-state index in [1.807, 2.05) is 19.9 Å². The van der Waals surface area contributed by atoms with E-state index in [4.69, 9.17) is 16.0 Å². The third-order valence-electron chi connectivity index (χ3n) is 8.87. The van der Waals surface area contributed by atoms with Gasteiger partial charge in [-0.3, -0.25) is 19.2 Å². The second kappa shape index (κ2) is 15.6. The molecule has 5 aromatic rings. The maximum absolute atomic E-state index is 14.9. The van der Waals surface area contributed by atoms with E-state index < -0.39 is 64.0 Å². The normalized spacial score (nSPS) is 13.3. The van der Waals surface area contributed by atoms with Gasteiger partial charge < -0.3 is 31.0 Å². The molecule has 14 nitrogen and oxygen atoms in total. The zero-order chi connectivity index (χ0) is 37.7. The molecule has 0 spiro atoms. The number of fused-ring (bicyclic) bond motifs is 1. The third-order valence-corrected chi connectivity index (χ3v) is 10.7. The number of nitrogens with two attached hydrogens (primary N) is 2. The molecule has 15 heteroatoms. The van der Waals surface area contributed by atoms with E-state index in [1.165, 1.54) is 13.2 Å². The molecule has 0 radical (unpaired) electrons. The van der Waals surface area contributed by atoms with Crippen molar-refractivity contribution in [2.24, 2.45) is 11.5 Å². The van der Waals surface area contributed by atoms with Crippen LogP contribution in [0, 0.1) is 13.8 Å². The minimum absolute atomic E-state index is 0.165. The van der Waals surface area contributed by atoms with Crippen molar-refractivity contribution in [2.45, 2.75) is 51.2 Å². The molecule has 0 fully saturated rings. The number of para-hydroxylation sites is 1. The van der Waals surface area contributed by atoms with Crippen LogP contribution in [0.1, 0.15) is 39.0 Å². The molecule has 0 aliphatic carbocycles. The van der Waals surface area contributed by atoms with E-state index in [1.54, 1.807) is 72.9 Å². The molecule has 2 heterocycles. The van der Waals surface area contributed by atoms with Gasteiger partial charge in [0.25, 0.3) is 11.8 Å². The minimum atomic E-state index is -4.79. The number of aromatic nitrogens is 2. The molecular weight excluding hydrogens is 689 g/mol. The second-order valence-electron chi connectivity index (χ2n) is 12.8. The monoisotopic (exact) mass is 728 g/mol. The van der Waals surface area contributed by atoms with Gasteiger partial charge in [-0.2, -0.15) is 0 Å². The van der Waals surface area contributed by atoms with Gasteiger partial charge in [0.15, 0.2) is 5.76 Å². The average molecular weight is 729 g/mol. The molecule has 3 amide bonds. The fourth-order valence-corrected chi connectivity index (χ4v) is 7.87. The van der Waals surface area contributed by atoms with Crippen LogP contribution in [0.4, 0.5) is 0 Å². The number of likely N-dealkylation sites (N-methyl/N-ethyl adjacent to an activating group) is 1. The molecule has 0 aliphatic rings. The third kappa shape index (κ3) is 8.38. The van der Waals surface area contributed by atoms with Crippen LogP contribution in [0.5, 0.6) is 0 Å². The van der Waals surface area contributed by atoms with Crippen LogP contribution >= 0.6 is 0 Å². The molecule has 3 aromatic carbocycles. The molecule has 1 unspecified atom stereocenters. The molecule has 6 N–H and O–H groups in total. The van der Waals surface area contributed by atoms with Crippen molar-refractivity contribution in [3.05, 3.63) is 113 Å². The largest absolute Gasteiger partial charge is 0.480 e. The summed E-state index contributed by atoms with van der Waals surface area (Å²) in [6.07, 6.45) is 2.06. The van der Waals surface area contributed by atoms with E-state index >= 15 is 0 Å². The predicted octanol–water partition coefficient (Wildman–Crippen LogP) is 3.18. The van der Waals surface area contributed by atoms with Gasteiger partial charge in [0.1, 0.15) is 18.1 Å². The first-order valence-electron chi connectivity index (χ1n) is 16.4. The number of sulfonamides is 1. The number of hydrogen-bond donors (Lipinski definition) is 4. The number of primary amides is 1. The molecule has 5 rings (SSSR count). The van der Waals surface area contributed by atoms with Crippen LogP contribution in [0.15, 0.2) is 89.7 Å². The van der Waals surface area contributed by atoms with E-state index in [0.29, 0.717) is 37.7 Å². The summed E-state index contributed by atoms with van der Waals surface area (Å²) in [7, 11) is -3.41. The lowest BCUT2D eigenvalue weighted by Gasteiger charge is -2.35. The van der Waals surface area contributed by atoms with Gasteiger partial charge in [0, 0.05) is 54.2 Å². The number of hydrogen-bond acceptors (Lipinski definition) is 9. The Labute approximate surface area is 300 Å². The van der Waals surface area contributed by atoms with Crippen LogP contribution in [0.3, 0.4) is 0 Å². The van der Waals surface area contributed by atoms with Crippen molar-refractivity contribution in [3.63, 3.8) is 0 Å². The number of amides is 3. The lowest BCUT2D eigenvalue weighted by molar-refractivity contribution is -0.138. The zero-order valence-corrected chi connectivity index (χ0v) is 29.7. The van der Waals surface area contributed by atoms with Gasteiger partial charge in [-0.15, -0.1) is 0 Å². The first kappa shape index (κ1) is 37.5. The molecule has 0 aliphatic heterocycles. The van der Waals surface area contributed by atoms with Crippen molar-refractivity contribution in [3.8, 4) is 11.3 Å². The van der Waals surface area contributed by atoms with Crippen LogP contribution in [-0.4, -0.2) is 87.5 Å². The SMILES string of the molecule is Cc1cc(C)cc(C(=O)N(C)[C@@H](Cc2ccc(-c3ccno3)cc2)C(=O)N([C@@H](Cc2c[nH]c3ccccc23)C(N)=O)S(=O)(=O)CCC(N)C(=O)O)c1. The number of aryl methyl sites for hydroxylation is 2. The minimum Gasteiger partial charge on any atom is -0.480 e. The molecule has 0 saturated carbocycles. The summed E-state index contributed by atoms with van der Waals surface area (Å²) in [6, 6.07) is 16.1. The van der Waals surface area contributed by atoms with Crippen molar-refractivity contribution in [1.82, 2.24) is 19.3 Å². The fourth-order valence-electron chi connectivity index (χ4n) is 6.16. The van der Waals surface area contributed by atoms with Crippen LogP contribution in [0.2, 0.25) is 0 Å². The van der Waals surface area contributed by atoms with E-state index in [-0.39, 0.29) is 18.4 Å². The van der Waals surface area contributed by atoms with E-state index in [9.17, 15) is 32.7 Å². The molecular formula is C37H40N6O8S. The van der Waals surface area contributed by atoms with E-state index in [0.717, 1.165) is 16.0 Å². The molecule has 2 aromatic heterocycles. The number of carbonyl (C=O) groups excluding carboxylic acids is 3. The highest BCUT2D eigenvalue weighted by molar-refractivity contribution is 7.89. The smallest absolute Gasteiger partial charge is 0.320 e. The highest BCUT2D eigenvalue weighted by Gasteiger charge is 2.43. The summed E-state index contributed by atoms with van der Waals surface area (Å²) in [6.45, 7) is 3.64. The van der Waals surface area contributed by atoms with Gasteiger partial charge in [0.2, 0.25) is 15.9 Å². The quantitative estimate of drug-likeness (QED) is 0.123. The van der Waals surface area contributed by atoms with Crippen LogP contribution < -0.4 is 11.5 Å². The molecule has 52 heavy (non-hydrogen) atoms. The number of nitrogens with zero attached hydrogens (tertiary/aromatic N) is 3. The number of carbonyl (C=O) groups is 4. The zero-order valence-electron chi connectivity index (χ0n) is 28.9. The second-order valence-corrected chi connectivity index (χ2v) is 14.7. The Balaban J connectivity index is 1.61. The first-order valence-corrected chi connectivity index (χ1v) is 18.0. The Kier molecular flexibility index (Phi) is 11.2. The average Bonchev–Trinajstić information content (AvgIpc) is 3.79. The van der Waals surface area contributed by atoms with Crippen molar-refractivity contribution in [2.75, 3.05) is 12.8 Å². The van der Waals surface area contributed by atoms with Gasteiger partial charge in [-0.05, 0) is 49.6 Å². The van der Waals surface area contributed by atoms with Gasteiger partial charge >= 0.3 is 5.97 Å². The Morgan fingerprint density at radius 2 is 1.62 bits per heavy atom. The molecule has 3 atom stereocenters. The first-order chi connectivity index (χ1) is 24.7. The molecule has 0 saturated heterocycles. The standard InChI is InChI=1S/C37H40N6O8S/c1-22-16-23(2)18-26(17-22)35(45)42(3)32(19-24-8-10-25(11-9-24)33-12-14-41-51-33)36(46)43(52(49,50)15-13-29(38)37(47)48)31(34(39)44)20-27-21-40-30-7-5-4-6-28(27)30/h4-12,14,16-18,21,29,31-32,40H,13,15,19-20,38H2,1-3H3,(H2,39,44)(H,47,48)/t29?,31-,32-/m0/s1. The lowest BCUT2D eigenvalue weighted by atomic mass is 9.99. The number of nitrogens with one attached hydrogen (secondary N) is 1. The topological polar surface area (TPSA) is 223 Å². The van der Waals surface area contributed by atoms with Gasteiger partial charge in [0.05, 0.1) is 11.9 Å². The number of benzene rings is 3. The fraction of sp³-hybridized carbons (Fsp3) is 0.270. The number of carboxylic acid groups (broad SMARTS) is 1. The Bertz CT molecular complexity index is 2180. The Morgan fingerprint density at radius 3 is 2.23 bits per heavy atom. The van der Waals surface area contributed by atoms with Crippen molar-refractivity contribution in [1.29, 1.82) is 0 Å². The van der Waals surface area contributed by atoms with Crippen molar-refractivity contribution >= 4 is 44.6 Å². The van der Waals surface area contributed by atoms with Crippen LogP contribution in [0.25, 0.3) is 22.2 Å². The number of H-pyrrole nitrogens is 1. The maximum atomic E-state index is 14.9. The van der Waals surface area contributed by atoms with E-state index in [2.05, 4.69) is 10.1 Å². The Morgan fingerprint density at radius 1 is 0.942 bits per heavy atom. The highest BCUT2D eigenvalue weighted by Crippen LogP contribution is 2.26. The van der Waals surface area contributed by atoms with Crippen LogP contribution in [-0.2, 0) is 37.2 Å². The highest BCUT2D eigenvalue weighted by atomic mass is 32.2.